The first kappa shape index (κ1) is 15.3. The predicted octanol–water partition coefficient (Wildman–Crippen LogP) is 2.14. The van der Waals surface area contributed by atoms with Gasteiger partial charge in [0.2, 0.25) is 0 Å². The molecule has 2 atom stereocenters. The Morgan fingerprint density at radius 1 is 0.474 bits per heavy atom. The van der Waals surface area contributed by atoms with Gasteiger partial charge in [-0.15, -0.1) is 0 Å². The zero-order chi connectivity index (χ0) is 13.2. The molecule has 0 amide bonds. The van der Waals surface area contributed by atoms with Gasteiger partial charge < -0.3 is 16.0 Å². The summed E-state index contributed by atoms with van der Waals surface area (Å²) < 4.78 is 0. The summed E-state index contributed by atoms with van der Waals surface area (Å²) in [5.41, 5.74) is 0. The van der Waals surface area contributed by atoms with Gasteiger partial charge in [0.25, 0.3) is 0 Å². The second kappa shape index (κ2) is 9.73. The van der Waals surface area contributed by atoms with Gasteiger partial charge in [0.05, 0.1) is 0 Å². The van der Waals surface area contributed by atoms with Crippen LogP contribution >= 0.6 is 0 Å². The zero-order valence-electron chi connectivity index (χ0n) is 12.6. The molecule has 4 fully saturated rings. The van der Waals surface area contributed by atoms with Crippen LogP contribution in [0, 0.1) is 11.8 Å². The molecule has 2 unspecified atom stereocenters. The van der Waals surface area contributed by atoms with Crippen molar-refractivity contribution in [2.75, 3.05) is 39.3 Å². The molecule has 112 valence electrons. The molecule has 19 heavy (non-hydrogen) atoms. The predicted molar refractivity (Wildman–Crippen MR) is 82.5 cm³/mol. The van der Waals surface area contributed by atoms with Crippen molar-refractivity contribution in [2.45, 2.75) is 51.4 Å². The van der Waals surface area contributed by atoms with Crippen molar-refractivity contribution in [3.63, 3.8) is 0 Å². The summed E-state index contributed by atoms with van der Waals surface area (Å²) in [5.74, 6) is 2.13. The standard InChI is InChI=1S/C7H13N.C5H11N.C4H9N/c1-2-6-4-8-5-7(6)3-1;1-2-4-6-5-3-1;1-2-4-5-3-1/h6-8H,1-5H2;6H,1-5H2;5H,1-4H2. The van der Waals surface area contributed by atoms with Gasteiger partial charge in [-0.25, -0.2) is 0 Å². The SMILES string of the molecule is C1CC2CNCC2C1.C1CCNC1.C1CCNCC1. The van der Waals surface area contributed by atoms with E-state index < -0.39 is 0 Å². The van der Waals surface area contributed by atoms with Crippen molar-refractivity contribution in [1.82, 2.24) is 16.0 Å². The largest absolute Gasteiger partial charge is 0.317 e. The lowest BCUT2D eigenvalue weighted by Crippen LogP contribution is -2.21. The Kier molecular flexibility index (Phi) is 7.82. The molecule has 3 nitrogen and oxygen atoms in total. The highest BCUT2D eigenvalue weighted by Gasteiger charge is 2.30. The Bertz CT molecular complexity index is 173. The van der Waals surface area contributed by atoms with Crippen molar-refractivity contribution in [1.29, 1.82) is 0 Å². The van der Waals surface area contributed by atoms with E-state index in [4.69, 9.17) is 0 Å². The van der Waals surface area contributed by atoms with Crippen LogP contribution in [-0.4, -0.2) is 39.3 Å². The molecule has 0 aromatic heterocycles. The van der Waals surface area contributed by atoms with Crippen molar-refractivity contribution in [3.8, 4) is 0 Å². The Morgan fingerprint density at radius 3 is 1.32 bits per heavy atom. The first-order valence-electron chi connectivity index (χ1n) is 8.59. The summed E-state index contributed by atoms with van der Waals surface area (Å²) in [7, 11) is 0. The highest BCUT2D eigenvalue weighted by atomic mass is 14.9. The van der Waals surface area contributed by atoms with Crippen LogP contribution in [0.2, 0.25) is 0 Å². The number of nitrogens with one attached hydrogen (secondary N) is 3. The third kappa shape index (κ3) is 6.24. The van der Waals surface area contributed by atoms with Gasteiger partial charge in [-0.2, -0.15) is 0 Å². The number of hydrogen-bond acceptors (Lipinski definition) is 3. The lowest BCUT2D eigenvalue weighted by atomic mass is 10.0. The third-order valence-electron chi connectivity index (χ3n) is 4.79. The van der Waals surface area contributed by atoms with E-state index in [1.807, 2.05) is 0 Å². The van der Waals surface area contributed by atoms with Gasteiger partial charge in [-0.3, -0.25) is 0 Å². The minimum Gasteiger partial charge on any atom is -0.317 e. The summed E-state index contributed by atoms with van der Waals surface area (Å²) in [5, 5.41) is 9.93. The minimum atomic E-state index is 1.06. The zero-order valence-corrected chi connectivity index (χ0v) is 12.6. The average Bonchev–Trinajstić information content (AvgIpc) is 3.21. The van der Waals surface area contributed by atoms with Crippen LogP contribution < -0.4 is 16.0 Å². The Morgan fingerprint density at radius 2 is 0.947 bits per heavy atom. The van der Waals surface area contributed by atoms with E-state index in [1.165, 1.54) is 90.6 Å². The highest BCUT2D eigenvalue weighted by molar-refractivity contribution is 4.85. The quantitative estimate of drug-likeness (QED) is 0.629. The molecule has 0 spiro atoms. The summed E-state index contributed by atoms with van der Waals surface area (Å²) in [6, 6.07) is 0. The van der Waals surface area contributed by atoms with E-state index >= 15 is 0 Å². The van der Waals surface area contributed by atoms with Gasteiger partial charge in [-0.1, -0.05) is 12.8 Å². The van der Waals surface area contributed by atoms with E-state index in [-0.39, 0.29) is 0 Å². The number of piperidine rings is 1. The molecule has 3 heterocycles. The molecule has 4 aliphatic rings. The molecule has 4 rings (SSSR count). The molecule has 0 aromatic rings. The van der Waals surface area contributed by atoms with Crippen LogP contribution in [0.25, 0.3) is 0 Å². The molecular formula is C16H33N3. The lowest BCUT2D eigenvalue weighted by molar-refractivity contribution is 0.494. The summed E-state index contributed by atoms with van der Waals surface area (Å²) >= 11 is 0. The topological polar surface area (TPSA) is 36.1 Å². The fourth-order valence-corrected chi connectivity index (χ4v) is 3.53. The number of fused-ring (bicyclic) bond motifs is 1. The minimum absolute atomic E-state index is 1.06. The summed E-state index contributed by atoms with van der Waals surface area (Å²) in [4.78, 5) is 0. The van der Waals surface area contributed by atoms with E-state index in [9.17, 15) is 0 Å². The second-order valence-corrected chi connectivity index (χ2v) is 6.38. The molecule has 1 aliphatic carbocycles. The van der Waals surface area contributed by atoms with Gasteiger partial charge in [0.15, 0.2) is 0 Å². The fourth-order valence-electron chi connectivity index (χ4n) is 3.53. The second-order valence-electron chi connectivity index (χ2n) is 6.38. The van der Waals surface area contributed by atoms with Crippen LogP contribution in [0.1, 0.15) is 51.4 Å². The molecule has 3 aliphatic heterocycles. The molecule has 3 saturated heterocycles. The van der Waals surface area contributed by atoms with Crippen LogP contribution in [0.4, 0.5) is 0 Å². The van der Waals surface area contributed by atoms with Crippen LogP contribution in [0.5, 0.6) is 0 Å². The monoisotopic (exact) mass is 267 g/mol. The Hall–Kier alpha value is -0.120. The third-order valence-corrected chi connectivity index (χ3v) is 4.79. The maximum absolute atomic E-state index is 3.42. The van der Waals surface area contributed by atoms with Gasteiger partial charge >= 0.3 is 0 Å². The van der Waals surface area contributed by atoms with Crippen molar-refractivity contribution in [2.24, 2.45) is 11.8 Å². The Balaban J connectivity index is 0.000000109. The maximum Gasteiger partial charge on any atom is -0.00173 e. The first-order valence-corrected chi connectivity index (χ1v) is 8.59. The number of rotatable bonds is 0. The van der Waals surface area contributed by atoms with Gasteiger partial charge in [0.1, 0.15) is 0 Å². The van der Waals surface area contributed by atoms with Crippen LogP contribution in [-0.2, 0) is 0 Å². The van der Waals surface area contributed by atoms with E-state index in [1.54, 1.807) is 0 Å². The number of hydrogen-bond donors (Lipinski definition) is 3. The summed E-state index contributed by atoms with van der Waals surface area (Å²) in [6.07, 6.45) is 11.5. The molecule has 1 saturated carbocycles. The smallest absolute Gasteiger partial charge is 0.00173 e. The van der Waals surface area contributed by atoms with Gasteiger partial charge in [-0.05, 0) is 89.6 Å². The van der Waals surface area contributed by atoms with Crippen LogP contribution in [0.3, 0.4) is 0 Å². The normalized spacial score (nSPS) is 32.8. The van der Waals surface area contributed by atoms with Crippen molar-refractivity contribution < 1.29 is 0 Å². The van der Waals surface area contributed by atoms with Crippen molar-refractivity contribution in [3.05, 3.63) is 0 Å². The fraction of sp³-hybridized carbons (Fsp3) is 1.00. The summed E-state index contributed by atoms with van der Waals surface area (Å²) in [6.45, 7) is 7.62. The Labute approximate surface area is 119 Å². The molecule has 3 N–H and O–H groups in total. The first-order chi connectivity index (χ1) is 9.47. The molecule has 3 heteroatoms. The maximum atomic E-state index is 3.42. The van der Waals surface area contributed by atoms with E-state index in [0.717, 1.165) is 11.8 Å². The lowest BCUT2D eigenvalue weighted by Gasteiger charge is -2.08. The van der Waals surface area contributed by atoms with Gasteiger partial charge in [0, 0.05) is 0 Å². The molecule has 0 bridgehead atoms. The van der Waals surface area contributed by atoms with E-state index in [2.05, 4.69) is 16.0 Å². The molecule has 0 radical (unpaired) electrons. The van der Waals surface area contributed by atoms with Crippen LogP contribution in [0.15, 0.2) is 0 Å². The molecular weight excluding hydrogens is 234 g/mol. The van der Waals surface area contributed by atoms with Crippen molar-refractivity contribution >= 4 is 0 Å². The van der Waals surface area contributed by atoms with E-state index in [0.29, 0.717) is 0 Å². The average molecular weight is 267 g/mol. The highest BCUT2D eigenvalue weighted by Crippen LogP contribution is 2.33. The molecule has 0 aromatic carbocycles.